The van der Waals surface area contributed by atoms with E-state index in [1.165, 1.54) is 0 Å². The smallest absolute Gasteiger partial charge is 0.274 e. The molecule has 0 aliphatic rings. The Bertz CT molecular complexity index is 584. The number of hydrogen-bond acceptors (Lipinski definition) is 5. The second-order valence-electron chi connectivity index (χ2n) is 4.06. The normalized spacial score (nSPS) is 10.5. The maximum atomic E-state index is 12.0. The van der Waals surface area contributed by atoms with E-state index >= 15 is 0 Å². The summed E-state index contributed by atoms with van der Waals surface area (Å²) in [5.74, 6) is 0.501. The fourth-order valence-corrected chi connectivity index (χ4v) is 3.45. The van der Waals surface area contributed by atoms with Crippen LogP contribution in [0.25, 0.3) is 0 Å². The maximum absolute atomic E-state index is 12.0. The highest BCUT2D eigenvalue weighted by Crippen LogP contribution is 2.27. The molecule has 4 nitrogen and oxygen atoms in total. The van der Waals surface area contributed by atoms with Crippen LogP contribution in [0.2, 0.25) is 0 Å². The minimum absolute atomic E-state index is 0.210. The van der Waals surface area contributed by atoms with Gasteiger partial charge in [0.1, 0.15) is 4.34 Å². The van der Waals surface area contributed by atoms with Crippen molar-refractivity contribution >= 4 is 29.0 Å². The van der Waals surface area contributed by atoms with E-state index in [1.54, 1.807) is 29.2 Å². The number of aromatic nitrogens is 1. The molecule has 0 fully saturated rings. The molecule has 0 bridgehead atoms. The molecule has 2 rings (SSSR count). The van der Waals surface area contributed by atoms with Crippen LogP contribution in [0.15, 0.2) is 34.0 Å². The number of aryl methyl sites for hydroxylation is 1. The molecule has 1 heterocycles. The van der Waals surface area contributed by atoms with E-state index in [2.05, 4.69) is 10.5 Å². The number of nitrogens with one attached hydrogen (secondary N) is 1. The summed E-state index contributed by atoms with van der Waals surface area (Å²) < 4.78 is 1.02. The van der Waals surface area contributed by atoms with E-state index in [-0.39, 0.29) is 5.91 Å². The van der Waals surface area contributed by atoms with Gasteiger partial charge in [0.15, 0.2) is 0 Å². The van der Waals surface area contributed by atoms with Gasteiger partial charge in [0.05, 0.1) is 6.61 Å². The fraction of sp³-hybridized carbons (Fsp3) is 0.286. The van der Waals surface area contributed by atoms with Gasteiger partial charge in [0, 0.05) is 22.4 Å². The van der Waals surface area contributed by atoms with Gasteiger partial charge in [-0.05, 0) is 25.5 Å². The second-order valence-corrected chi connectivity index (χ2v) is 6.15. The van der Waals surface area contributed by atoms with Crippen LogP contribution in [0.4, 0.5) is 0 Å². The van der Waals surface area contributed by atoms with Crippen molar-refractivity contribution in [3.05, 3.63) is 46.5 Å². The Morgan fingerprint density at radius 2 is 2.25 bits per heavy atom. The van der Waals surface area contributed by atoms with Gasteiger partial charge in [-0.3, -0.25) is 9.63 Å². The molecule has 1 aromatic heterocycles. The highest BCUT2D eigenvalue weighted by atomic mass is 32.2. The lowest BCUT2D eigenvalue weighted by Gasteiger charge is -2.08. The summed E-state index contributed by atoms with van der Waals surface area (Å²) in [6, 6.07) is 7.54. The quantitative estimate of drug-likeness (QED) is 0.656. The van der Waals surface area contributed by atoms with Gasteiger partial charge in [0.2, 0.25) is 0 Å². The first-order valence-corrected chi connectivity index (χ1v) is 8.12. The number of rotatable bonds is 6. The topological polar surface area (TPSA) is 51.2 Å². The van der Waals surface area contributed by atoms with Gasteiger partial charge in [-0.15, -0.1) is 11.3 Å². The van der Waals surface area contributed by atoms with Crippen molar-refractivity contribution in [3.63, 3.8) is 0 Å². The molecule has 0 aliphatic carbocycles. The SMILES string of the molecule is CCONC(=O)c1ccccc1CSc1nc(C)cs1. The fourth-order valence-electron chi connectivity index (χ4n) is 1.60. The van der Waals surface area contributed by atoms with Crippen molar-refractivity contribution < 1.29 is 9.63 Å². The van der Waals surface area contributed by atoms with Crippen molar-refractivity contribution in [2.45, 2.75) is 23.9 Å². The van der Waals surface area contributed by atoms with E-state index in [4.69, 9.17) is 4.84 Å². The van der Waals surface area contributed by atoms with Crippen LogP contribution >= 0.6 is 23.1 Å². The standard InChI is InChI=1S/C14H16N2O2S2/c1-3-18-16-13(17)12-7-5-4-6-11(12)9-20-14-15-10(2)8-19-14/h4-8H,3,9H2,1-2H3,(H,16,17). The third-order valence-electron chi connectivity index (χ3n) is 2.52. The lowest BCUT2D eigenvalue weighted by atomic mass is 10.1. The Morgan fingerprint density at radius 1 is 1.45 bits per heavy atom. The lowest BCUT2D eigenvalue weighted by molar-refractivity contribution is 0.0364. The average molecular weight is 308 g/mol. The first-order valence-electron chi connectivity index (χ1n) is 6.25. The molecule has 0 aliphatic heterocycles. The van der Waals surface area contributed by atoms with Gasteiger partial charge in [0.25, 0.3) is 5.91 Å². The molecule has 1 N–H and O–H groups in total. The van der Waals surface area contributed by atoms with Gasteiger partial charge in [-0.25, -0.2) is 10.5 Å². The number of amides is 1. The van der Waals surface area contributed by atoms with Crippen LogP contribution in [0.5, 0.6) is 0 Å². The Balaban J connectivity index is 2.05. The number of hydroxylamine groups is 1. The molecule has 6 heteroatoms. The van der Waals surface area contributed by atoms with Crippen LogP contribution < -0.4 is 5.48 Å². The average Bonchev–Trinajstić information content (AvgIpc) is 2.88. The third kappa shape index (κ3) is 4.06. The summed E-state index contributed by atoms with van der Waals surface area (Å²) >= 11 is 3.26. The predicted molar refractivity (Wildman–Crippen MR) is 81.9 cm³/mol. The summed E-state index contributed by atoms with van der Waals surface area (Å²) in [4.78, 5) is 21.3. The number of thiazole rings is 1. The second kappa shape index (κ2) is 7.42. The van der Waals surface area contributed by atoms with Gasteiger partial charge >= 0.3 is 0 Å². The van der Waals surface area contributed by atoms with E-state index in [0.717, 1.165) is 15.6 Å². The van der Waals surface area contributed by atoms with E-state index < -0.39 is 0 Å². The molecule has 0 radical (unpaired) electrons. The number of thioether (sulfide) groups is 1. The molecule has 0 saturated carbocycles. The molecule has 0 unspecified atom stereocenters. The molecule has 20 heavy (non-hydrogen) atoms. The highest BCUT2D eigenvalue weighted by molar-refractivity contribution is 8.00. The van der Waals surface area contributed by atoms with Crippen molar-refractivity contribution in [2.24, 2.45) is 0 Å². The van der Waals surface area contributed by atoms with Crippen LogP contribution in [0, 0.1) is 6.92 Å². The number of hydrogen-bond donors (Lipinski definition) is 1. The minimum Gasteiger partial charge on any atom is -0.274 e. The molecule has 2 aromatic rings. The third-order valence-corrected chi connectivity index (χ3v) is 4.71. The molecule has 1 aromatic carbocycles. The molecule has 1 amide bonds. The largest absolute Gasteiger partial charge is 0.275 e. The number of carbonyl (C=O) groups is 1. The summed E-state index contributed by atoms with van der Waals surface area (Å²) in [7, 11) is 0. The van der Waals surface area contributed by atoms with Crippen molar-refractivity contribution in [1.29, 1.82) is 0 Å². The monoisotopic (exact) mass is 308 g/mol. The summed E-state index contributed by atoms with van der Waals surface area (Å²) in [6.45, 7) is 4.25. The van der Waals surface area contributed by atoms with E-state index in [1.807, 2.05) is 37.4 Å². The molecule has 106 valence electrons. The van der Waals surface area contributed by atoms with Crippen LogP contribution in [-0.4, -0.2) is 17.5 Å². The van der Waals surface area contributed by atoms with Crippen LogP contribution in [-0.2, 0) is 10.6 Å². The first kappa shape index (κ1) is 15.0. The Labute approximate surface area is 126 Å². The van der Waals surface area contributed by atoms with Crippen LogP contribution in [0.3, 0.4) is 0 Å². The maximum Gasteiger partial charge on any atom is 0.275 e. The zero-order valence-electron chi connectivity index (χ0n) is 11.4. The summed E-state index contributed by atoms with van der Waals surface area (Å²) in [5.41, 5.74) is 5.07. The molecule has 0 atom stereocenters. The van der Waals surface area contributed by atoms with Crippen molar-refractivity contribution in [2.75, 3.05) is 6.61 Å². The predicted octanol–water partition coefficient (Wildman–Crippen LogP) is 3.43. The zero-order valence-corrected chi connectivity index (χ0v) is 13.0. The van der Waals surface area contributed by atoms with Crippen molar-refractivity contribution in [3.8, 4) is 0 Å². The summed E-state index contributed by atoms with van der Waals surface area (Å²) in [5, 5.41) is 2.02. The van der Waals surface area contributed by atoms with E-state index in [0.29, 0.717) is 17.9 Å². The Kier molecular flexibility index (Phi) is 5.58. The van der Waals surface area contributed by atoms with Crippen molar-refractivity contribution in [1.82, 2.24) is 10.5 Å². The van der Waals surface area contributed by atoms with Gasteiger partial charge in [-0.2, -0.15) is 0 Å². The molecular formula is C14H16N2O2S2. The number of nitrogens with zero attached hydrogens (tertiary/aromatic N) is 1. The number of benzene rings is 1. The Hall–Kier alpha value is -1.37. The highest BCUT2D eigenvalue weighted by Gasteiger charge is 2.11. The first-order chi connectivity index (χ1) is 9.70. The van der Waals surface area contributed by atoms with E-state index in [9.17, 15) is 4.79 Å². The Morgan fingerprint density at radius 3 is 2.95 bits per heavy atom. The minimum atomic E-state index is -0.210. The molecule has 0 saturated heterocycles. The lowest BCUT2D eigenvalue weighted by Crippen LogP contribution is -2.24. The van der Waals surface area contributed by atoms with Crippen LogP contribution in [0.1, 0.15) is 28.5 Å². The number of carbonyl (C=O) groups excluding carboxylic acids is 1. The molecular weight excluding hydrogens is 292 g/mol. The summed E-state index contributed by atoms with van der Waals surface area (Å²) in [6.07, 6.45) is 0. The molecule has 0 spiro atoms. The van der Waals surface area contributed by atoms with Gasteiger partial charge in [-0.1, -0.05) is 30.0 Å². The van der Waals surface area contributed by atoms with Gasteiger partial charge < -0.3 is 0 Å². The zero-order chi connectivity index (χ0) is 14.4.